The van der Waals surface area contributed by atoms with E-state index in [-0.39, 0.29) is 0 Å². The molecule has 0 unspecified atom stereocenters. The third kappa shape index (κ3) is 5.91. The Hall–Kier alpha value is -2.66. The van der Waals surface area contributed by atoms with E-state index < -0.39 is 0 Å². The number of anilines is 2. The van der Waals surface area contributed by atoms with E-state index in [1.165, 1.54) is 36.8 Å². The van der Waals surface area contributed by atoms with E-state index in [1.807, 2.05) is 0 Å². The molecule has 0 amide bonds. The third-order valence-electron chi connectivity index (χ3n) is 6.15. The first-order valence-electron chi connectivity index (χ1n) is 10.7. The zero-order valence-corrected chi connectivity index (χ0v) is 18.2. The predicted octanol–water partition coefficient (Wildman–Crippen LogP) is 6.78. The lowest BCUT2D eigenvalue weighted by molar-refractivity contribution is 0.209. The van der Waals surface area contributed by atoms with E-state index in [2.05, 4.69) is 92.0 Å². The van der Waals surface area contributed by atoms with Crippen LogP contribution < -0.4 is 10.2 Å². The lowest BCUT2D eigenvalue weighted by Gasteiger charge is -2.35. The van der Waals surface area contributed by atoms with Crippen LogP contribution in [0.1, 0.15) is 50.7 Å². The normalized spacial score (nSPS) is 16.1. The van der Waals surface area contributed by atoms with Gasteiger partial charge >= 0.3 is 0 Å². The van der Waals surface area contributed by atoms with Crippen LogP contribution >= 0.6 is 0 Å². The standard InChI is InChI=1S/C27H34N2/c1-6-19-29(20-23-9-7-21(2)8-10-23)26-13-11-25(12-14-26)28-22(3)24-15-17-27(4,5)18-16-24/h1,7-14,24,28H,3,15-20H2,2,4-5H3. The molecule has 152 valence electrons. The average molecular weight is 387 g/mol. The Morgan fingerprint density at radius 2 is 1.72 bits per heavy atom. The van der Waals surface area contributed by atoms with E-state index >= 15 is 0 Å². The molecular formula is C27H34N2. The molecule has 1 saturated carbocycles. The fourth-order valence-corrected chi connectivity index (χ4v) is 4.05. The van der Waals surface area contributed by atoms with Gasteiger partial charge in [0.15, 0.2) is 0 Å². The van der Waals surface area contributed by atoms with Crippen molar-refractivity contribution < 1.29 is 0 Å². The number of benzene rings is 2. The minimum absolute atomic E-state index is 0.483. The molecule has 2 aromatic carbocycles. The summed E-state index contributed by atoms with van der Waals surface area (Å²) in [4.78, 5) is 2.23. The van der Waals surface area contributed by atoms with Crippen molar-refractivity contribution in [2.45, 2.75) is 53.0 Å². The van der Waals surface area contributed by atoms with E-state index in [4.69, 9.17) is 6.42 Å². The number of nitrogens with one attached hydrogen (secondary N) is 1. The van der Waals surface area contributed by atoms with Gasteiger partial charge in [-0.3, -0.25) is 0 Å². The van der Waals surface area contributed by atoms with Crippen LogP contribution in [-0.2, 0) is 6.54 Å². The van der Waals surface area contributed by atoms with Crippen molar-refractivity contribution in [2.24, 2.45) is 11.3 Å². The molecule has 0 aliphatic heterocycles. The van der Waals surface area contributed by atoms with Gasteiger partial charge in [-0.25, -0.2) is 0 Å². The first kappa shape index (κ1) is 21.1. The van der Waals surface area contributed by atoms with Gasteiger partial charge in [0, 0.05) is 23.6 Å². The number of nitrogens with zero attached hydrogens (tertiary/aromatic N) is 1. The zero-order valence-electron chi connectivity index (χ0n) is 18.2. The quantitative estimate of drug-likeness (QED) is 0.528. The highest BCUT2D eigenvalue weighted by Gasteiger charge is 2.28. The largest absolute Gasteiger partial charge is 0.359 e. The van der Waals surface area contributed by atoms with Crippen molar-refractivity contribution in [2.75, 3.05) is 16.8 Å². The Morgan fingerprint density at radius 1 is 1.10 bits per heavy atom. The highest BCUT2D eigenvalue weighted by Crippen LogP contribution is 2.40. The summed E-state index contributed by atoms with van der Waals surface area (Å²) < 4.78 is 0. The number of terminal acetylenes is 1. The molecule has 2 heteroatoms. The smallest absolute Gasteiger partial charge is 0.0795 e. The Balaban J connectivity index is 1.62. The van der Waals surface area contributed by atoms with Gasteiger partial charge in [-0.1, -0.05) is 56.2 Å². The fourth-order valence-electron chi connectivity index (χ4n) is 4.05. The summed E-state index contributed by atoms with van der Waals surface area (Å²) in [5.41, 5.74) is 6.40. The summed E-state index contributed by atoms with van der Waals surface area (Å²) in [6.07, 6.45) is 10.6. The van der Waals surface area contributed by atoms with Gasteiger partial charge in [0.2, 0.25) is 0 Å². The van der Waals surface area contributed by atoms with Crippen molar-refractivity contribution in [3.8, 4) is 12.3 Å². The van der Waals surface area contributed by atoms with Crippen molar-refractivity contribution in [3.05, 3.63) is 71.9 Å². The van der Waals surface area contributed by atoms with E-state index in [0.717, 1.165) is 23.6 Å². The minimum atomic E-state index is 0.483. The molecule has 2 aromatic rings. The van der Waals surface area contributed by atoms with Crippen LogP contribution in [0.3, 0.4) is 0 Å². The summed E-state index contributed by atoms with van der Waals surface area (Å²) in [5, 5.41) is 3.54. The van der Waals surface area contributed by atoms with Crippen LogP contribution in [0.5, 0.6) is 0 Å². The Bertz CT molecular complexity index is 843. The van der Waals surface area contributed by atoms with E-state index in [0.29, 0.717) is 17.9 Å². The Kier molecular flexibility index (Phi) is 6.70. The SMILES string of the molecule is C#CCN(Cc1ccc(C)cc1)c1ccc(NC(=C)C2CCC(C)(C)CC2)cc1. The lowest BCUT2D eigenvalue weighted by atomic mass is 9.72. The molecule has 0 spiro atoms. The zero-order chi connectivity index (χ0) is 20.9. The molecule has 0 saturated heterocycles. The van der Waals surface area contributed by atoms with Crippen molar-refractivity contribution in [3.63, 3.8) is 0 Å². The van der Waals surface area contributed by atoms with Crippen LogP contribution in [0.15, 0.2) is 60.8 Å². The molecule has 0 bridgehead atoms. The predicted molar refractivity (Wildman–Crippen MR) is 126 cm³/mol. The van der Waals surface area contributed by atoms with Crippen LogP contribution in [0.25, 0.3) is 0 Å². The topological polar surface area (TPSA) is 15.3 Å². The second kappa shape index (κ2) is 9.23. The second-order valence-electron chi connectivity index (χ2n) is 9.18. The van der Waals surface area contributed by atoms with Gasteiger partial charge in [-0.15, -0.1) is 6.42 Å². The monoisotopic (exact) mass is 386 g/mol. The van der Waals surface area contributed by atoms with E-state index in [1.54, 1.807) is 0 Å². The van der Waals surface area contributed by atoms with Crippen molar-refractivity contribution >= 4 is 11.4 Å². The van der Waals surface area contributed by atoms with Gasteiger partial charge < -0.3 is 10.2 Å². The lowest BCUT2D eigenvalue weighted by Crippen LogP contribution is -2.24. The van der Waals surface area contributed by atoms with Gasteiger partial charge in [0.1, 0.15) is 0 Å². The molecule has 3 rings (SSSR count). The van der Waals surface area contributed by atoms with Gasteiger partial charge in [-0.2, -0.15) is 0 Å². The van der Waals surface area contributed by atoms with Crippen molar-refractivity contribution in [1.82, 2.24) is 0 Å². The maximum absolute atomic E-state index is 5.63. The Labute approximate surface area is 177 Å². The van der Waals surface area contributed by atoms with Crippen molar-refractivity contribution in [1.29, 1.82) is 0 Å². The van der Waals surface area contributed by atoms with Gasteiger partial charge in [0.05, 0.1) is 6.54 Å². The third-order valence-corrected chi connectivity index (χ3v) is 6.15. The molecule has 29 heavy (non-hydrogen) atoms. The highest BCUT2D eigenvalue weighted by molar-refractivity contribution is 5.57. The number of hydrogen-bond donors (Lipinski definition) is 1. The second-order valence-corrected chi connectivity index (χ2v) is 9.18. The Morgan fingerprint density at radius 3 is 2.31 bits per heavy atom. The first-order valence-corrected chi connectivity index (χ1v) is 10.7. The summed E-state index contributed by atoms with van der Waals surface area (Å²) in [7, 11) is 0. The number of allylic oxidation sites excluding steroid dienone is 1. The maximum Gasteiger partial charge on any atom is 0.0795 e. The minimum Gasteiger partial charge on any atom is -0.359 e. The molecule has 0 heterocycles. The number of hydrogen-bond acceptors (Lipinski definition) is 2. The van der Waals surface area contributed by atoms with Crippen LogP contribution in [0, 0.1) is 30.6 Å². The van der Waals surface area contributed by atoms with Gasteiger partial charge in [-0.05, 0) is 73.8 Å². The van der Waals surface area contributed by atoms with Crippen LogP contribution in [-0.4, -0.2) is 6.54 Å². The highest BCUT2D eigenvalue weighted by atomic mass is 15.1. The summed E-state index contributed by atoms with van der Waals surface area (Å²) in [5.74, 6) is 3.36. The maximum atomic E-state index is 5.63. The molecule has 0 aromatic heterocycles. The number of rotatable bonds is 7. The van der Waals surface area contributed by atoms with E-state index in [9.17, 15) is 0 Å². The van der Waals surface area contributed by atoms with Gasteiger partial charge in [0.25, 0.3) is 0 Å². The first-order chi connectivity index (χ1) is 13.9. The summed E-state index contributed by atoms with van der Waals surface area (Å²) in [6.45, 7) is 12.6. The number of aryl methyl sites for hydroxylation is 1. The molecule has 1 fully saturated rings. The molecule has 1 N–H and O–H groups in total. The van der Waals surface area contributed by atoms with Crippen LogP contribution in [0.2, 0.25) is 0 Å². The molecule has 0 radical (unpaired) electrons. The van der Waals surface area contributed by atoms with Crippen LogP contribution in [0.4, 0.5) is 11.4 Å². The molecular weight excluding hydrogens is 352 g/mol. The molecule has 1 aliphatic carbocycles. The molecule has 2 nitrogen and oxygen atoms in total. The average Bonchev–Trinajstić information content (AvgIpc) is 2.70. The molecule has 1 aliphatic rings. The fraction of sp³-hybridized carbons (Fsp3) is 0.407. The summed E-state index contributed by atoms with van der Waals surface area (Å²) in [6, 6.07) is 17.2. The summed E-state index contributed by atoms with van der Waals surface area (Å²) >= 11 is 0. The molecule has 0 atom stereocenters.